The first-order valence-electron chi connectivity index (χ1n) is 6.81. The van der Waals surface area contributed by atoms with E-state index < -0.39 is 5.92 Å². The molecule has 1 atom stereocenters. The third-order valence-corrected chi connectivity index (χ3v) is 2.89. The number of benzene rings is 1. The van der Waals surface area contributed by atoms with Crippen LogP contribution in [0.2, 0.25) is 0 Å². The molecule has 0 amide bonds. The van der Waals surface area contributed by atoms with Gasteiger partial charge in [0.05, 0.1) is 6.61 Å². The van der Waals surface area contributed by atoms with Crippen LogP contribution in [0.5, 0.6) is 0 Å². The Bertz CT molecular complexity index is 454. The van der Waals surface area contributed by atoms with E-state index in [1.807, 2.05) is 37.3 Å². The summed E-state index contributed by atoms with van der Waals surface area (Å²) in [6, 6.07) is 9.36. The molecule has 0 aromatic heterocycles. The number of nitrogens with one attached hydrogen (secondary N) is 1. The number of carbonyl (C=O) groups excluding carboxylic acids is 2. The third kappa shape index (κ3) is 4.63. The van der Waals surface area contributed by atoms with Crippen molar-refractivity contribution in [2.75, 3.05) is 19.7 Å². The Morgan fingerprint density at radius 2 is 2.00 bits per heavy atom. The molecule has 0 aliphatic heterocycles. The molecule has 0 saturated carbocycles. The van der Waals surface area contributed by atoms with Crippen LogP contribution in [-0.2, 0) is 14.3 Å². The summed E-state index contributed by atoms with van der Waals surface area (Å²) in [6.45, 7) is 5.31. The molecule has 0 radical (unpaired) electrons. The standard InChI is InChI=1S/C16H21NO3/c1-3-17-12-14(10-11-18)15(16(19)20-4-2)13-8-6-5-7-9-13/h5-11,15,17H,3-4,12H2,1-2H3/b14-10+. The van der Waals surface area contributed by atoms with E-state index in [9.17, 15) is 9.59 Å². The van der Waals surface area contributed by atoms with Crippen molar-refractivity contribution in [2.24, 2.45) is 0 Å². The van der Waals surface area contributed by atoms with E-state index in [1.165, 1.54) is 6.08 Å². The van der Waals surface area contributed by atoms with Crippen molar-refractivity contribution in [1.82, 2.24) is 5.32 Å². The van der Waals surface area contributed by atoms with Crippen molar-refractivity contribution in [3.63, 3.8) is 0 Å². The minimum atomic E-state index is -0.541. The first-order chi connectivity index (χ1) is 9.74. The number of likely N-dealkylation sites (N-methyl/N-ethyl adjacent to an activating group) is 1. The molecule has 0 saturated heterocycles. The largest absolute Gasteiger partial charge is 0.465 e. The number of rotatable bonds is 8. The predicted molar refractivity (Wildman–Crippen MR) is 78.5 cm³/mol. The van der Waals surface area contributed by atoms with Crippen LogP contribution in [-0.4, -0.2) is 32.0 Å². The highest BCUT2D eigenvalue weighted by Gasteiger charge is 2.25. The van der Waals surface area contributed by atoms with Crippen LogP contribution in [0.15, 0.2) is 42.0 Å². The topological polar surface area (TPSA) is 55.4 Å². The number of aldehydes is 1. The van der Waals surface area contributed by atoms with Gasteiger partial charge in [0.1, 0.15) is 12.2 Å². The van der Waals surface area contributed by atoms with Crippen molar-refractivity contribution < 1.29 is 14.3 Å². The summed E-state index contributed by atoms with van der Waals surface area (Å²) in [5.41, 5.74) is 1.54. The van der Waals surface area contributed by atoms with Crippen LogP contribution < -0.4 is 5.32 Å². The average molecular weight is 275 g/mol. The van der Waals surface area contributed by atoms with Gasteiger partial charge in [-0.1, -0.05) is 37.3 Å². The Morgan fingerprint density at radius 3 is 2.55 bits per heavy atom. The molecule has 0 spiro atoms. The highest BCUT2D eigenvalue weighted by atomic mass is 16.5. The summed E-state index contributed by atoms with van der Waals surface area (Å²) in [6.07, 6.45) is 2.15. The zero-order chi connectivity index (χ0) is 14.8. The molecular weight excluding hydrogens is 254 g/mol. The van der Waals surface area contributed by atoms with Gasteiger partial charge in [0.2, 0.25) is 0 Å². The maximum absolute atomic E-state index is 12.2. The van der Waals surface area contributed by atoms with Crippen LogP contribution in [0.25, 0.3) is 0 Å². The summed E-state index contributed by atoms with van der Waals surface area (Å²) in [5, 5.41) is 3.15. The monoisotopic (exact) mass is 275 g/mol. The molecule has 0 aliphatic carbocycles. The maximum Gasteiger partial charge on any atom is 0.317 e. The van der Waals surface area contributed by atoms with Crippen LogP contribution in [0.1, 0.15) is 25.3 Å². The van der Waals surface area contributed by atoms with Gasteiger partial charge in [-0.3, -0.25) is 9.59 Å². The summed E-state index contributed by atoms with van der Waals surface area (Å²) in [4.78, 5) is 23.1. The van der Waals surface area contributed by atoms with Crippen LogP contribution >= 0.6 is 0 Å². The molecule has 1 aromatic rings. The van der Waals surface area contributed by atoms with Gasteiger partial charge in [0.25, 0.3) is 0 Å². The molecule has 1 aromatic carbocycles. The zero-order valence-corrected chi connectivity index (χ0v) is 12.0. The third-order valence-electron chi connectivity index (χ3n) is 2.89. The van der Waals surface area contributed by atoms with Crippen LogP contribution in [0.4, 0.5) is 0 Å². The highest BCUT2D eigenvalue weighted by Crippen LogP contribution is 2.25. The quantitative estimate of drug-likeness (QED) is 0.448. The fourth-order valence-electron chi connectivity index (χ4n) is 1.99. The molecule has 0 fully saturated rings. The summed E-state index contributed by atoms with van der Waals surface area (Å²) in [5.74, 6) is -0.870. The summed E-state index contributed by atoms with van der Waals surface area (Å²) >= 11 is 0. The smallest absolute Gasteiger partial charge is 0.317 e. The predicted octanol–water partition coefficient (Wildman–Crippen LogP) is 2.07. The summed E-state index contributed by atoms with van der Waals surface area (Å²) < 4.78 is 5.14. The molecule has 1 rings (SSSR count). The van der Waals surface area contributed by atoms with Gasteiger partial charge in [-0.15, -0.1) is 0 Å². The number of carbonyl (C=O) groups is 2. The van der Waals surface area contributed by atoms with Crippen molar-refractivity contribution in [1.29, 1.82) is 0 Å². The maximum atomic E-state index is 12.2. The first-order valence-corrected chi connectivity index (χ1v) is 6.81. The van der Waals surface area contributed by atoms with Gasteiger partial charge in [0, 0.05) is 6.54 Å². The van der Waals surface area contributed by atoms with E-state index in [0.29, 0.717) is 25.0 Å². The molecule has 0 bridgehead atoms. The lowest BCUT2D eigenvalue weighted by atomic mass is 9.90. The fourth-order valence-corrected chi connectivity index (χ4v) is 1.99. The number of ether oxygens (including phenoxy) is 1. The number of allylic oxidation sites excluding steroid dienone is 1. The lowest BCUT2D eigenvalue weighted by Gasteiger charge is -2.19. The van der Waals surface area contributed by atoms with Crippen LogP contribution in [0, 0.1) is 0 Å². The van der Waals surface area contributed by atoms with Gasteiger partial charge >= 0.3 is 5.97 Å². The fraction of sp³-hybridized carbons (Fsp3) is 0.375. The van der Waals surface area contributed by atoms with E-state index in [0.717, 1.165) is 12.1 Å². The van der Waals surface area contributed by atoms with Gasteiger partial charge in [-0.2, -0.15) is 0 Å². The molecule has 1 N–H and O–H groups in total. The molecule has 0 heterocycles. The van der Waals surface area contributed by atoms with Gasteiger partial charge < -0.3 is 10.1 Å². The number of hydrogen-bond acceptors (Lipinski definition) is 4. The second-order valence-corrected chi connectivity index (χ2v) is 4.25. The normalized spacial score (nSPS) is 12.8. The minimum absolute atomic E-state index is 0.317. The molecule has 4 heteroatoms. The van der Waals surface area contributed by atoms with Crippen molar-refractivity contribution in [3.8, 4) is 0 Å². The molecule has 108 valence electrons. The second-order valence-electron chi connectivity index (χ2n) is 4.25. The average Bonchev–Trinajstić information content (AvgIpc) is 2.46. The Balaban J connectivity index is 3.10. The summed E-state index contributed by atoms with van der Waals surface area (Å²) in [7, 11) is 0. The van der Waals surface area contributed by atoms with Gasteiger partial charge in [0.15, 0.2) is 0 Å². The molecule has 20 heavy (non-hydrogen) atoms. The Morgan fingerprint density at radius 1 is 1.30 bits per heavy atom. The van der Waals surface area contributed by atoms with E-state index >= 15 is 0 Å². The molecule has 4 nitrogen and oxygen atoms in total. The highest BCUT2D eigenvalue weighted by molar-refractivity contribution is 5.84. The van der Waals surface area contributed by atoms with E-state index in [1.54, 1.807) is 6.92 Å². The van der Waals surface area contributed by atoms with E-state index in [2.05, 4.69) is 5.32 Å². The SMILES string of the molecule is CCNC/C(=C\C=O)C(C(=O)OCC)c1ccccc1. The van der Waals surface area contributed by atoms with Crippen molar-refractivity contribution in [3.05, 3.63) is 47.5 Å². The van der Waals surface area contributed by atoms with Crippen molar-refractivity contribution >= 4 is 12.3 Å². The van der Waals surface area contributed by atoms with Gasteiger partial charge in [-0.25, -0.2) is 0 Å². The van der Waals surface area contributed by atoms with E-state index in [4.69, 9.17) is 4.74 Å². The number of hydrogen-bond donors (Lipinski definition) is 1. The number of esters is 1. The molecule has 1 unspecified atom stereocenters. The Labute approximate surface area is 119 Å². The van der Waals surface area contributed by atoms with E-state index in [-0.39, 0.29) is 5.97 Å². The van der Waals surface area contributed by atoms with Crippen LogP contribution in [0.3, 0.4) is 0 Å². The Kier molecular flexibility index (Phi) is 7.29. The van der Waals surface area contributed by atoms with Crippen molar-refractivity contribution in [2.45, 2.75) is 19.8 Å². The molecule has 0 aliphatic rings. The lowest BCUT2D eigenvalue weighted by Crippen LogP contribution is -2.25. The van der Waals surface area contributed by atoms with Gasteiger partial charge in [-0.05, 0) is 30.7 Å². The molecular formula is C16H21NO3. The zero-order valence-electron chi connectivity index (χ0n) is 12.0. The minimum Gasteiger partial charge on any atom is -0.465 e. The lowest BCUT2D eigenvalue weighted by molar-refractivity contribution is -0.144. The Hall–Kier alpha value is -1.94. The first kappa shape index (κ1) is 16.1. The second kappa shape index (κ2) is 9.04.